The monoisotopic (exact) mass is 316 g/mol. The average molecular weight is 317 g/mol. The zero-order chi connectivity index (χ0) is 15.0. The van der Waals surface area contributed by atoms with Crippen LogP contribution >= 0.6 is 11.6 Å². The van der Waals surface area contributed by atoms with Crippen molar-refractivity contribution >= 4 is 33.6 Å². The van der Waals surface area contributed by atoms with E-state index >= 15 is 0 Å². The lowest BCUT2D eigenvalue weighted by Gasteiger charge is -2.14. The highest BCUT2D eigenvalue weighted by molar-refractivity contribution is 7.84. The number of hydrogen-bond acceptors (Lipinski definition) is 3. The summed E-state index contributed by atoms with van der Waals surface area (Å²) in [6.45, 7) is 6.58. The van der Waals surface area contributed by atoms with Crippen molar-refractivity contribution in [3.8, 4) is 0 Å². The molecule has 7 heteroatoms. The van der Waals surface area contributed by atoms with E-state index < -0.39 is 10.8 Å². The maximum absolute atomic E-state index is 11.7. The molecule has 0 radical (unpaired) electrons. The molecule has 0 aliphatic carbocycles. The van der Waals surface area contributed by atoms with Crippen LogP contribution in [0.1, 0.15) is 37.7 Å². The van der Waals surface area contributed by atoms with Gasteiger partial charge in [0, 0.05) is 35.9 Å². The summed E-state index contributed by atoms with van der Waals surface area (Å²) in [4.78, 5) is 4.66. The molecule has 2 rings (SSSR count). The Morgan fingerprint density at radius 1 is 1.40 bits per heavy atom. The van der Waals surface area contributed by atoms with Gasteiger partial charge < -0.3 is 4.57 Å². The zero-order valence-electron chi connectivity index (χ0n) is 12.6. The summed E-state index contributed by atoms with van der Waals surface area (Å²) >= 11 is 6.26. The summed E-state index contributed by atoms with van der Waals surface area (Å²) in [6, 6.07) is 0. The normalized spacial score (nSPS) is 16.5. The van der Waals surface area contributed by atoms with Gasteiger partial charge in [-0.2, -0.15) is 5.10 Å². The van der Waals surface area contributed by atoms with Gasteiger partial charge in [0.25, 0.3) is 0 Å². The molecule has 0 aliphatic rings. The summed E-state index contributed by atoms with van der Waals surface area (Å²) in [5.41, 5.74) is 2.85. The third-order valence-corrected chi connectivity index (χ3v) is 5.00. The topological polar surface area (TPSA) is 52.7 Å². The van der Waals surface area contributed by atoms with E-state index in [1.54, 1.807) is 6.26 Å². The number of nitrogens with zero attached hydrogens (tertiary/aromatic N) is 4. The predicted octanol–water partition coefficient (Wildman–Crippen LogP) is 2.40. The van der Waals surface area contributed by atoms with E-state index in [0.717, 1.165) is 29.1 Å². The summed E-state index contributed by atoms with van der Waals surface area (Å²) < 4.78 is 15.6. The van der Waals surface area contributed by atoms with Crippen molar-refractivity contribution in [2.45, 2.75) is 44.4 Å². The molecule has 3 unspecified atom stereocenters. The quantitative estimate of drug-likeness (QED) is 0.796. The minimum absolute atomic E-state index is 0.0431. The van der Waals surface area contributed by atoms with E-state index in [0.29, 0.717) is 6.54 Å². The van der Waals surface area contributed by atoms with Gasteiger partial charge >= 0.3 is 0 Å². The number of aryl methyl sites for hydroxylation is 2. The van der Waals surface area contributed by atoms with Gasteiger partial charge in [-0.1, -0.05) is 6.92 Å². The highest BCUT2D eigenvalue weighted by Gasteiger charge is 2.22. The van der Waals surface area contributed by atoms with E-state index in [9.17, 15) is 4.21 Å². The number of rotatable bonds is 5. The number of aromatic nitrogens is 4. The summed E-state index contributed by atoms with van der Waals surface area (Å²) in [6.07, 6.45) is 2.56. The molecule has 0 N–H and O–H groups in total. The van der Waals surface area contributed by atoms with Crippen LogP contribution in [0.5, 0.6) is 0 Å². The first-order valence-corrected chi connectivity index (χ1v) is 8.80. The molecule has 2 aromatic rings. The van der Waals surface area contributed by atoms with Crippen molar-refractivity contribution < 1.29 is 4.21 Å². The molecule has 2 heterocycles. The average Bonchev–Trinajstić information content (AvgIpc) is 2.88. The van der Waals surface area contributed by atoms with Gasteiger partial charge in [-0.3, -0.25) is 8.89 Å². The lowest BCUT2D eigenvalue weighted by Crippen LogP contribution is -2.20. The van der Waals surface area contributed by atoms with Crippen LogP contribution in [-0.4, -0.2) is 35.0 Å². The highest BCUT2D eigenvalue weighted by atomic mass is 35.5. The number of alkyl halides is 1. The third-order valence-electron chi connectivity index (χ3n) is 3.52. The van der Waals surface area contributed by atoms with E-state index in [-0.39, 0.29) is 10.6 Å². The Hall–Kier alpha value is -0.880. The molecule has 20 heavy (non-hydrogen) atoms. The molecule has 0 amide bonds. The van der Waals surface area contributed by atoms with Crippen LogP contribution in [0.3, 0.4) is 0 Å². The van der Waals surface area contributed by atoms with E-state index in [4.69, 9.17) is 11.6 Å². The molecule has 5 nitrogen and oxygen atoms in total. The van der Waals surface area contributed by atoms with Crippen molar-refractivity contribution in [3.63, 3.8) is 0 Å². The lowest BCUT2D eigenvalue weighted by atomic mass is 10.3. The molecular weight excluding hydrogens is 296 g/mol. The molecule has 0 spiro atoms. The molecule has 0 aliphatic heterocycles. The number of hydrogen-bond donors (Lipinski definition) is 0. The van der Waals surface area contributed by atoms with Crippen LogP contribution in [0.2, 0.25) is 0 Å². The van der Waals surface area contributed by atoms with Crippen LogP contribution < -0.4 is 0 Å². The number of imidazole rings is 1. The SMILES string of the molecule is CCc1nn(C)c2c1nc(C(C)Cl)n2CC(C)S(C)=O. The maximum atomic E-state index is 11.7. The Balaban J connectivity index is 2.62. The molecule has 0 saturated heterocycles. The zero-order valence-corrected chi connectivity index (χ0v) is 14.1. The van der Waals surface area contributed by atoms with Crippen LogP contribution in [0, 0.1) is 0 Å². The summed E-state index contributed by atoms with van der Waals surface area (Å²) in [5, 5.41) is 4.35. The van der Waals surface area contributed by atoms with Gasteiger partial charge in [0.2, 0.25) is 0 Å². The largest absolute Gasteiger partial charge is 0.310 e. The van der Waals surface area contributed by atoms with Gasteiger partial charge in [0.15, 0.2) is 5.65 Å². The molecule has 0 aromatic carbocycles. The fraction of sp³-hybridized carbons (Fsp3) is 0.692. The standard InChI is InChI=1S/C13H21ClN4OS/c1-6-10-11-13(17(4)16-10)18(7-8(2)20(5)19)12(15-11)9(3)14/h8-9H,6-7H2,1-5H3. The van der Waals surface area contributed by atoms with E-state index in [1.807, 2.05) is 25.6 Å². The van der Waals surface area contributed by atoms with Crippen LogP contribution in [-0.2, 0) is 30.8 Å². The van der Waals surface area contributed by atoms with E-state index in [1.165, 1.54) is 0 Å². The van der Waals surface area contributed by atoms with Crippen LogP contribution in [0.4, 0.5) is 0 Å². The van der Waals surface area contributed by atoms with Crippen molar-refractivity contribution in [1.29, 1.82) is 0 Å². The molecule has 3 atom stereocenters. The fourth-order valence-corrected chi connectivity index (χ4v) is 2.87. The van der Waals surface area contributed by atoms with Crippen LogP contribution in [0.15, 0.2) is 0 Å². The summed E-state index contributed by atoms with van der Waals surface area (Å²) in [7, 11) is 1.03. The second-order valence-electron chi connectivity index (χ2n) is 5.10. The maximum Gasteiger partial charge on any atom is 0.158 e. The first-order chi connectivity index (χ1) is 9.36. The van der Waals surface area contributed by atoms with Crippen molar-refractivity contribution in [3.05, 3.63) is 11.5 Å². The Morgan fingerprint density at radius 3 is 2.55 bits per heavy atom. The summed E-state index contributed by atoms with van der Waals surface area (Å²) in [5.74, 6) is 0.821. The molecular formula is C13H21ClN4OS. The second-order valence-corrected chi connectivity index (χ2v) is 7.56. The molecule has 2 aromatic heterocycles. The van der Waals surface area contributed by atoms with Crippen molar-refractivity contribution in [2.75, 3.05) is 6.26 Å². The van der Waals surface area contributed by atoms with Gasteiger partial charge in [-0.15, -0.1) is 11.6 Å². The smallest absolute Gasteiger partial charge is 0.158 e. The number of fused-ring (bicyclic) bond motifs is 1. The second kappa shape index (κ2) is 5.85. The van der Waals surface area contributed by atoms with Gasteiger partial charge in [-0.25, -0.2) is 4.98 Å². The minimum Gasteiger partial charge on any atom is -0.310 e. The molecule has 112 valence electrons. The van der Waals surface area contributed by atoms with Gasteiger partial charge in [0.05, 0.1) is 11.1 Å². The number of halogens is 1. The van der Waals surface area contributed by atoms with E-state index in [2.05, 4.69) is 21.6 Å². The Morgan fingerprint density at radius 2 is 2.05 bits per heavy atom. The minimum atomic E-state index is -0.882. The van der Waals surface area contributed by atoms with Crippen molar-refractivity contribution in [1.82, 2.24) is 19.3 Å². The first kappa shape index (κ1) is 15.5. The molecule has 0 bridgehead atoms. The predicted molar refractivity (Wildman–Crippen MR) is 83.7 cm³/mol. The fourth-order valence-electron chi connectivity index (χ4n) is 2.34. The highest BCUT2D eigenvalue weighted by Crippen LogP contribution is 2.27. The Bertz CT molecular complexity index is 646. The molecule has 0 saturated carbocycles. The Labute approximate surface area is 126 Å². The van der Waals surface area contributed by atoms with Gasteiger partial charge in [-0.05, 0) is 20.3 Å². The first-order valence-electron chi connectivity index (χ1n) is 6.75. The lowest BCUT2D eigenvalue weighted by molar-refractivity contribution is 0.614. The van der Waals surface area contributed by atoms with Gasteiger partial charge in [0.1, 0.15) is 11.3 Å². The van der Waals surface area contributed by atoms with Crippen LogP contribution in [0.25, 0.3) is 11.2 Å². The molecule has 0 fully saturated rings. The third kappa shape index (κ3) is 2.63. The van der Waals surface area contributed by atoms with Crippen molar-refractivity contribution in [2.24, 2.45) is 7.05 Å². The Kier molecular flexibility index (Phi) is 4.54.